The van der Waals surface area contributed by atoms with Crippen molar-refractivity contribution in [3.63, 3.8) is 0 Å². The molecule has 3 aliphatic heterocycles. The minimum atomic E-state index is -0.829. The van der Waals surface area contributed by atoms with Crippen molar-refractivity contribution in [1.82, 2.24) is 19.4 Å². The van der Waals surface area contributed by atoms with Gasteiger partial charge in [-0.05, 0) is 60.6 Å². The predicted molar refractivity (Wildman–Crippen MR) is 140 cm³/mol. The maximum atomic E-state index is 13.1. The molecular weight excluding hydrogens is 474 g/mol. The molecule has 3 saturated heterocycles. The molecule has 0 radical (unpaired) electrons. The smallest absolute Gasteiger partial charge is 0.407 e. The van der Waals surface area contributed by atoms with Gasteiger partial charge < -0.3 is 14.9 Å². The second-order valence-electron chi connectivity index (χ2n) is 12.1. The van der Waals surface area contributed by atoms with Gasteiger partial charge in [-0.2, -0.15) is 0 Å². The average molecular weight is 512 g/mol. The van der Waals surface area contributed by atoms with Crippen molar-refractivity contribution < 1.29 is 19.5 Å². The molecule has 4 heterocycles. The molecule has 1 aromatic heterocycles. The minimum Gasteiger partial charge on any atom is -0.465 e. The maximum Gasteiger partial charge on any atom is 0.407 e. The zero-order valence-electron chi connectivity index (χ0n) is 22.1. The van der Waals surface area contributed by atoms with E-state index >= 15 is 0 Å². The highest BCUT2D eigenvalue weighted by atomic mass is 16.4. The SMILES string of the molecule is Cn1c(=O)n(C2CCC(=O)NC2=O)c2ccc(N3CCC4(CCN(C(=O)O)CC4C(C)(C)C)CC3)cc21. The summed E-state index contributed by atoms with van der Waals surface area (Å²) in [5.41, 5.74) is 2.34. The number of rotatable bonds is 2. The number of piperidine rings is 3. The fourth-order valence-electron chi connectivity index (χ4n) is 6.99. The number of aryl methyl sites for hydroxylation is 1. The van der Waals surface area contributed by atoms with E-state index < -0.39 is 18.0 Å². The number of carboxylic acid groups (broad SMARTS) is 1. The molecule has 2 atom stereocenters. The lowest BCUT2D eigenvalue weighted by Crippen LogP contribution is -2.56. The largest absolute Gasteiger partial charge is 0.465 e. The Morgan fingerprint density at radius 3 is 2.35 bits per heavy atom. The van der Waals surface area contributed by atoms with Gasteiger partial charge in [0.1, 0.15) is 6.04 Å². The van der Waals surface area contributed by atoms with Crippen LogP contribution in [-0.2, 0) is 16.6 Å². The summed E-state index contributed by atoms with van der Waals surface area (Å²) in [6.45, 7) is 9.57. The molecule has 0 saturated carbocycles. The number of hydrogen-bond acceptors (Lipinski definition) is 5. The number of amides is 3. The molecule has 2 aromatic rings. The van der Waals surface area contributed by atoms with Crippen molar-refractivity contribution in [2.45, 2.75) is 58.9 Å². The van der Waals surface area contributed by atoms with Crippen LogP contribution in [-0.4, -0.2) is 63.2 Å². The second-order valence-corrected chi connectivity index (χ2v) is 12.1. The summed E-state index contributed by atoms with van der Waals surface area (Å²) in [5.74, 6) is -0.446. The van der Waals surface area contributed by atoms with Gasteiger partial charge >= 0.3 is 11.8 Å². The number of imidazole rings is 1. The fraction of sp³-hybridized carbons (Fsp3) is 0.630. The summed E-state index contributed by atoms with van der Waals surface area (Å²) < 4.78 is 3.08. The number of likely N-dealkylation sites (tertiary alicyclic amines) is 1. The Labute approximate surface area is 216 Å². The van der Waals surface area contributed by atoms with Crippen LogP contribution < -0.4 is 15.9 Å². The van der Waals surface area contributed by atoms with Crippen LogP contribution in [0.15, 0.2) is 23.0 Å². The topological polar surface area (TPSA) is 117 Å². The normalized spacial score (nSPS) is 24.5. The third-order valence-corrected chi connectivity index (χ3v) is 9.06. The average Bonchev–Trinajstić information content (AvgIpc) is 3.08. The van der Waals surface area contributed by atoms with Gasteiger partial charge in [0.2, 0.25) is 11.8 Å². The Morgan fingerprint density at radius 2 is 1.73 bits per heavy atom. The monoisotopic (exact) mass is 511 g/mol. The van der Waals surface area contributed by atoms with Crippen molar-refractivity contribution in [3.05, 3.63) is 28.7 Å². The van der Waals surface area contributed by atoms with E-state index in [0.717, 1.165) is 43.6 Å². The van der Waals surface area contributed by atoms with Crippen molar-refractivity contribution in [2.75, 3.05) is 31.1 Å². The zero-order valence-corrected chi connectivity index (χ0v) is 22.1. The van der Waals surface area contributed by atoms with E-state index in [0.29, 0.717) is 25.0 Å². The molecule has 37 heavy (non-hydrogen) atoms. The van der Waals surface area contributed by atoms with Crippen LogP contribution in [0.1, 0.15) is 58.9 Å². The maximum absolute atomic E-state index is 13.1. The summed E-state index contributed by atoms with van der Waals surface area (Å²) in [6.07, 6.45) is 2.58. The molecule has 200 valence electrons. The molecule has 0 bridgehead atoms. The lowest BCUT2D eigenvalue weighted by atomic mass is 9.57. The van der Waals surface area contributed by atoms with Crippen LogP contribution in [0, 0.1) is 16.7 Å². The summed E-state index contributed by atoms with van der Waals surface area (Å²) in [5, 5.41) is 11.9. The molecule has 10 nitrogen and oxygen atoms in total. The Bertz CT molecular complexity index is 1310. The van der Waals surface area contributed by atoms with Gasteiger partial charge in [0.25, 0.3) is 0 Å². The van der Waals surface area contributed by atoms with Gasteiger partial charge in [0.05, 0.1) is 11.0 Å². The highest BCUT2D eigenvalue weighted by Crippen LogP contribution is 2.52. The molecule has 0 aliphatic carbocycles. The Morgan fingerprint density at radius 1 is 1.05 bits per heavy atom. The Balaban J connectivity index is 1.39. The van der Waals surface area contributed by atoms with E-state index in [4.69, 9.17) is 0 Å². The van der Waals surface area contributed by atoms with Gasteiger partial charge in [0.15, 0.2) is 0 Å². The fourth-order valence-corrected chi connectivity index (χ4v) is 6.99. The van der Waals surface area contributed by atoms with Crippen LogP contribution in [0.25, 0.3) is 11.0 Å². The number of hydrogen-bond donors (Lipinski definition) is 2. The van der Waals surface area contributed by atoms with E-state index in [1.54, 1.807) is 16.5 Å². The molecule has 3 aliphatic rings. The first kappa shape index (κ1) is 25.4. The Hall–Kier alpha value is -3.30. The first-order chi connectivity index (χ1) is 17.4. The number of nitrogens with one attached hydrogen (secondary N) is 1. The third-order valence-electron chi connectivity index (χ3n) is 9.06. The van der Waals surface area contributed by atoms with Gasteiger partial charge in [-0.1, -0.05) is 20.8 Å². The van der Waals surface area contributed by atoms with E-state index in [2.05, 4.69) is 31.0 Å². The number of imide groups is 1. The summed E-state index contributed by atoms with van der Waals surface area (Å²) in [4.78, 5) is 52.8. The quantitative estimate of drug-likeness (QED) is 0.599. The third kappa shape index (κ3) is 4.30. The van der Waals surface area contributed by atoms with Crippen molar-refractivity contribution in [3.8, 4) is 0 Å². The van der Waals surface area contributed by atoms with Crippen LogP contribution in [0.2, 0.25) is 0 Å². The molecule has 3 amide bonds. The molecule has 1 spiro atoms. The number of anilines is 1. The van der Waals surface area contributed by atoms with Gasteiger partial charge in [0, 0.05) is 45.3 Å². The van der Waals surface area contributed by atoms with E-state index in [9.17, 15) is 24.3 Å². The van der Waals surface area contributed by atoms with E-state index in [1.165, 1.54) is 4.57 Å². The number of carbonyl (C=O) groups is 3. The lowest BCUT2D eigenvalue weighted by Gasteiger charge is -2.55. The molecule has 1 aromatic carbocycles. The lowest BCUT2D eigenvalue weighted by molar-refractivity contribution is -0.135. The zero-order chi connectivity index (χ0) is 26.7. The number of carbonyl (C=O) groups excluding carboxylic acids is 2. The summed E-state index contributed by atoms with van der Waals surface area (Å²) in [7, 11) is 1.71. The number of nitrogens with zero attached hydrogens (tertiary/aromatic N) is 4. The highest BCUT2D eigenvalue weighted by molar-refractivity contribution is 6.00. The highest BCUT2D eigenvalue weighted by Gasteiger charge is 2.50. The van der Waals surface area contributed by atoms with E-state index in [1.807, 2.05) is 18.2 Å². The summed E-state index contributed by atoms with van der Waals surface area (Å²) >= 11 is 0. The second kappa shape index (κ2) is 8.92. The summed E-state index contributed by atoms with van der Waals surface area (Å²) in [6, 6.07) is 5.24. The van der Waals surface area contributed by atoms with Crippen molar-refractivity contribution in [2.24, 2.45) is 23.8 Å². The standard InChI is InChI=1S/C27H37N5O5/c1-26(2,3)21-16-31(25(36)37)14-11-27(21)9-12-30(13-10-27)17-5-6-18-20(15-17)29(4)24(35)32(18)19-7-8-22(33)28-23(19)34/h5-6,15,19,21H,7-14,16H2,1-4H3,(H,36,37)(H,28,33,34). The van der Waals surface area contributed by atoms with Crippen molar-refractivity contribution >= 4 is 34.6 Å². The first-order valence-corrected chi connectivity index (χ1v) is 13.2. The van der Waals surface area contributed by atoms with Gasteiger partial charge in [-0.3, -0.25) is 24.0 Å². The minimum absolute atomic E-state index is 0.00636. The molecule has 3 fully saturated rings. The van der Waals surface area contributed by atoms with Crippen LogP contribution in [0.3, 0.4) is 0 Å². The van der Waals surface area contributed by atoms with Gasteiger partial charge in [-0.15, -0.1) is 0 Å². The number of benzene rings is 1. The Kier molecular flexibility index (Phi) is 6.11. The first-order valence-electron chi connectivity index (χ1n) is 13.2. The number of fused-ring (bicyclic) bond motifs is 1. The molecule has 2 N–H and O–H groups in total. The number of aromatic nitrogens is 2. The molecular formula is C27H37N5O5. The van der Waals surface area contributed by atoms with Crippen LogP contribution >= 0.6 is 0 Å². The van der Waals surface area contributed by atoms with Crippen molar-refractivity contribution in [1.29, 1.82) is 0 Å². The van der Waals surface area contributed by atoms with E-state index in [-0.39, 0.29) is 34.8 Å². The molecule has 10 heteroatoms. The van der Waals surface area contributed by atoms with Crippen LogP contribution in [0.5, 0.6) is 0 Å². The van der Waals surface area contributed by atoms with Crippen LogP contribution in [0.4, 0.5) is 10.5 Å². The predicted octanol–water partition coefficient (Wildman–Crippen LogP) is 2.95. The molecule has 2 unspecified atom stereocenters. The molecule has 5 rings (SSSR count). The van der Waals surface area contributed by atoms with Gasteiger partial charge in [-0.25, -0.2) is 9.59 Å².